The van der Waals surface area contributed by atoms with Crippen LogP contribution in [0.4, 0.5) is 0 Å². The third-order valence-corrected chi connectivity index (χ3v) is 3.29. The molecule has 0 aromatic heterocycles. The maximum absolute atomic E-state index is 11.9. The highest BCUT2D eigenvalue weighted by Crippen LogP contribution is 2.12. The van der Waals surface area contributed by atoms with Gasteiger partial charge < -0.3 is 15.3 Å². The quantitative estimate of drug-likeness (QED) is 0.775. The van der Waals surface area contributed by atoms with Gasteiger partial charge in [0.15, 0.2) is 0 Å². The molecule has 2 N–H and O–H groups in total. The number of benzene rings is 1. The van der Waals surface area contributed by atoms with E-state index in [9.17, 15) is 9.59 Å². The molecule has 2 rings (SSSR count). The Labute approximate surface area is 112 Å². The van der Waals surface area contributed by atoms with E-state index >= 15 is 0 Å². The Kier molecular flexibility index (Phi) is 4.52. The van der Waals surface area contributed by atoms with Gasteiger partial charge in [-0.15, -0.1) is 0 Å². The predicted molar refractivity (Wildman–Crippen MR) is 70.8 cm³/mol. The zero-order valence-electron chi connectivity index (χ0n) is 10.7. The van der Waals surface area contributed by atoms with Crippen molar-refractivity contribution in [2.24, 2.45) is 0 Å². The van der Waals surface area contributed by atoms with E-state index in [-0.39, 0.29) is 11.9 Å². The van der Waals surface area contributed by atoms with E-state index in [1.807, 2.05) is 30.3 Å². The molecule has 0 spiro atoms. The first-order chi connectivity index (χ1) is 9.16. The first-order valence-corrected chi connectivity index (χ1v) is 6.42. The highest BCUT2D eigenvalue weighted by molar-refractivity contribution is 5.93. The molecule has 1 aliphatic rings. The number of carbonyl (C=O) groups excluding carboxylic acids is 1. The van der Waals surface area contributed by atoms with Crippen LogP contribution in [-0.2, 0) is 16.0 Å². The third kappa shape index (κ3) is 3.79. The number of piperazine rings is 1. The monoisotopic (exact) mass is 262 g/mol. The van der Waals surface area contributed by atoms with Crippen LogP contribution in [0, 0.1) is 0 Å². The molecule has 1 unspecified atom stereocenters. The van der Waals surface area contributed by atoms with E-state index in [0.717, 1.165) is 18.5 Å². The van der Waals surface area contributed by atoms with Gasteiger partial charge in [0.05, 0.1) is 0 Å². The summed E-state index contributed by atoms with van der Waals surface area (Å²) in [5.41, 5.74) is 1.16. The first kappa shape index (κ1) is 13.5. The van der Waals surface area contributed by atoms with Gasteiger partial charge in [-0.05, 0) is 12.0 Å². The lowest BCUT2D eigenvalue weighted by Gasteiger charge is -2.36. The van der Waals surface area contributed by atoms with Crippen LogP contribution in [0.3, 0.4) is 0 Å². The standard InChI is InChI=1S/C14H18N2O3/c17-13(9-14(18)19)16-7-6-15-10-12(16)8-11-4-2-1-3-5-11/h1-5,12,15H,6-10H2,(H,18,19). The van der Waals surface area contributed by atoms with Gasteiger partial charge in [-0.2, -0.15) is 0 Å². The summed E-state index contributed by atoms with van der Waals surface area (Å²) in [6.07, 6.45) is 0.324. The minimum Gasteiger partial charge on any atom is -0.481 e. The van der Waals surface area contributed by atoms with E-state index < -0.39 is 12.4 Å². The summed E-state index contributed by atoms with van der Waals surface area (Å²) in [5, 5.41) is 12.0. The number of nitrogens with zero attached hydrogens (tertiary/aromatic N) is 1. The van der Waals surface area contributed by atoms with Gasteiger partial charge in [0.1, 0.15) is 6.42 Å². The summed E-state index contributed by atoms with van der Waals surface area (Å²) < 4.78 is 0. The van der Waals surface area contributed by atoms with Gasteiger partial charge >= 0.3 is 5.97 Å². The predicted octanol–water partition coefficient (Wildman–Crippen LogP) is 0.504. The van der Waals surface area contributed by atoms with E-state index in [1.165, 1.54) is 0 Å². The number of amides is 1. The van der Waals surface area contributed by atoms with Gasteiger partial charge in [-0.25, -0.2) is 0 Å². The van der Waals surface area contributed by atoms with Crippen LogP contribution in [0.15, 0.2) is 30.3 Å². The smallest absolute Gasteiger partial charge is 0.312 e. The average molecular weight is 262 g/mol. The first-order valence-electron chi connectivity index (χ1n) is 6.42. The highest BCUT2D eigenvalue weighted by atomic mass is 16.4. The lowest BCUT2D eigenvalue weighted by molar-refractivity contribution is -0.145. The molecule has 1 atom stereocenters. The van der Waals surface area contributed by atoms with E-state index in [0.29, 0.717) is 13.1 Å². The number of carboxylic acid groups (broad SMARTS) is 1. The number of carboxylic acids is 1. The number of hydrogen-bond donors (Lipinski definition) is 2. The van der Waals surface area contributed by atoms with Crippen LogP contribution in [0.25, 0.3) is 0 Å². The molecule has 1 fully saturated rings. The van der Waals surface area contributed by atoms with Crippen molar-refractivity contribution in [3.63, 3.8) is 0 Å². The molecule has 0 bridgehead atoms. The van der Waals surface area contributed by atoms with E-state index in [2.05, 4.69) is 5.32 Å². The lowest BCUT2D eigenvalue weighted by Crippen LogP contribution is -2.54. The van der Waals surface area contributed by atoms with Crippen LogP contribution in [0.1, 0.15) is 12.0 Å². The number of carbonyl (C=O) groups is 2. The fourth-order valence-corrected chi connectivity index (χ4v) is 2.39. The molecule has 0 aliphatic carbocycles. The third-order valence-electron chi connectivity index (χ3n) is 3.29. The molecule has 1 aromatic rings. The minimum atomic E-state index is -1.07. The van der Waals surface area contributed by atoms with Crippen molar-refractivity contribution in [3.8, 4) is 0 Å². The molecule has 102 valence electrons. The Morgan fingerprint density at radius 2 is 2.05 bits per heavy atom. The van der Waals surface area contributed by atoms with Crippen molar-refractivity contribution in [3.05, 3.63) is 35.9 Å². The summed E-state index contributed by atoms with van der Waals surface area (Å²) in [7, 11) is 0. The molecule has 0 saturated carbocycles. The Morgan fingerprint density at radius 1 is 1.32 bits per heavy atom. The van der Waals surface area contributed by atoms with Crippen LogP contribution < -0.4 is 5.32 Å². The SMILES string of the molecule is O=C(O)CC(=O)N1CCNCC1Cc1ccccc1. The van der Waals surface area contributed by atoms with Crippen LogP contribution >= 0.6 is 0 Å². The molecule has 0 radical (unpaired) electrons. The second kappa shape index (κ2) is 6.33. The number of hydrogen-bond acceptors (Lipinski definition) is 3. The Hall–Kier alpha value is -1.88. The molecule has 1 aliphatic heterocycles. The largest absolute Gasteiger partial charge is 0.481 e. The summed E-state index contributed by atoms with van der Waals surface area (Å²) in [6, 6.07) is 9.96. The molecule has 1 heterocycles. The molecule has 5 nitrogen and oxygen atoms in total. The number of aliphatic carboxylic acids is 1. The van der Waals surface area contributed by atoms with E-state index in [4.69, 9.17) is 5.11 Å². The molecular formula is C14H18N2O3. The van der Waals surface area contributed by atoms with Crippen molar-refractivity contribution in [1.82, 2.24) is 10.2 Å². The fraction of sp³-hybridized carbons (Fsp3) is 0.429. The van der Waals surface area contributed by atoms with Gasteiger partial charge in [0.25, 0.3) is 0 Å². The van der Waals surface area contributed by atoms with E-state index in [1.54, 1.807) is 4.90 Å². The van der Waals surface area contributed by atoms with Crippen LogP contribution in [-0.4, -0.2) is 47.6 Å². The summed E-state index contributed by atoms with van der Waals surface area (Å²) in [6.45, 7) is 2.00. The van der Waals surface area contributed by atoms with Crippen LogP contribution in [0.5, 0.6) is 0 Å². The Balaban J connectivity index is 2.03. The maximum atomic E-state index is 11.9. The summed E-state index contributed by atoms with van der Waals surface area (Å²) in [5.74, 6) is -1.36. The molecule has 1 aromatic carbocycles. The van der Waals surface area contributed by atoms with Gasteiger partial charge in [-0.3, -0.25) is 9.59 Å². The van der Waals surface area contributed by atoms with Crippen LogP contribution in [0.2, 0.25) is 0 Å². The lowest BCUT2D eigenvalue weighted by atomic mass is 10.0. The van der Waals surface area contributed by atoms with Crippen molar-refractivity contribution >= 4 is 11.9 Å². The van der Waals surface area contributed by atoms with Gasteiger partial charge in [0, 0.05) is 25.7 Å². The normalized spacial score (nSPS) is 19.2. The topological polar surface area (TPSA) is 69.6 Å². The fourth-order valence-electron chi connectivity index (χ4n) is 2.39. The molecule has 1 saturated heterocycles. The maximum Gasteiger partial charge on any atom is 0.312 e. The van der Waals surface area contributed by atoms with Crippen molar-refractivity contribution < 1.29 is 14.7 Å². The zero-order valence-corrected chi connectivity index (χ0v) is 10.7. The van der Waals surface area contributed by atoms with Gasteiger partial charge in [-0.1, -0.05) is 30.3 Å². The molecular weight excluding hydrogens is 244 g/mol. The highest BCUT2D eigenvalue weighted by Gasteiger charge is 2.27. The number of rotatable bonds is 4. The molecule has 1 amide bonds. The Bertz CT molecular complexity index is 447. The second-order valence-corrected chi connectivity index (χ2v) is 4.71. The Morgan fingerprint density at radius 3 is 2.74 bits per heavy atom. The van der Waals surface area contributed by atoms with Crippen molar-refractivity contribution in [1.29, 1.82) is 0 Å². The minimum absolute atomic E-state index is 0.0306. The molecule has 5 heteroatoms. The van der Waals surface area contributed by atoms with Crippen molar-refractivity contribution in [2.45, 2.75) is 18.9 Å². The number of nitrogens with one attached hydrogen (secondary N) is 1. The second-order valence-electron chi connectivity index (χ2n) is 4.71. The van der Waals surface area contributed by atoms with Crippen molar-refractivity contribution in [2.75, 3.05) is 19.6 Å². The average Bonchev–Trinajstić information content (AvgIpc) is 2.39. The van der Waals surface area contributed by atoms with Gasteiger partial charge in [0.2, 0.25) is 5.91 Å². The summed E-state index contributed by atoms with van der Waals surface area (Å²) >= 11 is 0. The summed E-state index contributed by atoms with van der Waals surface area (Å²) in [4.78, 5) is 24.3. The molecule has 19 heavy (non-hydrogen) atoms. The zero-order chi connectivity index (χ0) is 13.7.